The molecule has 0 spiro atoms. The van der Waals surface area contributed by atoms with Crippen molar-refractivity contribution in [3.8, 4) is 29.1 Å². The van der Waals surface area contributed by atoms with Crippen LogP contribution in [-0.2, 0) is 0 Å². The summed E-state index contributed by atoms with van der Waals surface area (Å²) in [6.07, 6.45) is 8.79. The van der Waals surface area contributed by atoms with E-state index in [4.69, 9.17) is 18.9 Å². The summed E-state index contributed by atoms with van der Waals surface area (Å²) in [5.74, 6) is 0.636. The average molecular weight is 544 g/mol. The van der Waals surface area contributed by atoms with Gasteiger partial charge >= 0.3 is 11.9 Å². The molecule has 3 aromatic rings. The molecule has 3 aromatic carbocycles. The number of benzene rings is 3. The summed E-state index contributed by atoms with van der Waals surface area (Å²) in [5.41, 5.74) is 0.943. The van der Waals surface area contributed by atoms with Gasteiger partial charge in [-0.15, -0.1) is 0 Å². The van der Waals surface area contributed by atoms with E-state index in [1.165, 1.54) is 55.7 Å². The Morgan fingerprint density at radius 3 is 1.80 bits per heavy atom. The van der Waals surface area contributed by atoms with Crippen LogP contribution in [0.25, 0.3) is 0 Å². The first kappa shape index (κ1) is 30.2. The molecule has 0 atom stereocenters. The van der Waals surface area contributed by atoms with Crippen molar-refractivity contribution in [2.45, 2.75) is 65.2 Å². The lowest BCUT2D eigenvalue weighted by Gasteiger charge is -2.10. The summed E-state index contributed by atoms with van der Waals surface area (Å²) in [4.78, 5) is 25.3. The number of unbranched alkanes of at least 4 members (excludes halogenated alkanes) is 6. The van der Waals surface area contributed by atoms with Crippen molar-refractivity contribution in [1.82, 2.24) is 0 Å². The second-order valence-corrected chi connectivity index (χ2v) is 9.42. The van der Waals surface area contributed by atoms with Crippen LogP contribution < -0.4 is 18.9 Å². The molecule has 210 valence electrons. The lowest BCUT2D eigenvalue weighted by atomic mass is 10.1. The molecule has 0 aliphatic heterocycles. The quantitative estimate of drug-likeness (QED) is 0.103. The molecule has 0 N–H and O–H groups in total. The van der Waals surface area contributed by atoms with Gasteiger partial charge in [0.1, 0.15) is 29.1 Å². The summed E-state index contributed by atoms with van der Waals surface area (Å²) in [6, 6.07) is 19.7. The van der Waals surface area contributed by atoms with Crippen LogP contribution in [0.15, 0.2) is 66.7 Å². The standard InChI is InChI=1S/C33H37NO6/c1-3-5-7-8-9-10-22-38-31-23-26(11-12-27(31)24-34)33(36)40-29-15-13-25(14-16-29)32(35)39-30-19-17-28(18-20-30)37-21-6-4-2/h11-20,23H,3-10,21-22H2,1-2H3. The molecule has 0 aliphatic rings. The Morgan fingerprint density at radius 1 is 0.625 bits per heavy atom. The molecular formula is C33H37NO6. The van der Waals surface area contributed by atoms with Gasteiger partial charge in [-0.3, -0.25) is 0 Å². The zero-order valence-corrected chi connectivity index (χ0v) is 23.3. The lowest BCUT2D eigenvalue weighted by molar-refractivity contribution is 0.0730. The molecule has 0 unspecified atom stereocenters. The minimum absolute atomic E-state index is 0.266. The van der Waals surface area contributed by atoms with Crippen molar-refractivity contribution in [3.05, 3.63) is 83.4 Å². The smallest absolute Gasteiger partial charge is 0.343 e. The molecule has 3 rings (SSSR count). The largest absolute Gasteiger partial charge is 0.494 e. The molecule has 0 bridgehead atoms. The molecule has 0 saturated carbocycles. The maximum Gasteiger partial charge on any atom is 0.343 e. The highest BCUT2D eigenvalue weighted by Crippen LogP contribution is 2.23. The van der Waals surface area contributed by atoms with Crippen molar-refractivity contribution in [1.29, 1.82) is 5.26 Å². The second-order valence-electron chi connectivity index (χ2n) is 9.42. The van der Waals surface area contributed by atoms with E-state index in [1.807, 2.05) is 0 Å². The van der Waals surface area contributed by atoms with Crippen LogP contribution in [0.2, 0.25) is 0 Å². The Bertz CT molecular complexity index is 1260. The molecule has 0 saturated heterocycles. The van der Waals surface area contributed by atoms with E-state index in [-0.39, 0.29) is 11.3 Å². The number of carbonyl (C=O) groups is 2. The molecule has 0 aliphatic carbocycles. The Hall–Kier alpha value is -4.31. The number of carbonyl (C=O) groups excluding carboxylic acids is 2. The van der Waals surface area contributed by atoms with Crippen molar-refractivity contribution in [2.24, 2.45) is 0 Å². The molecule has 40 heavy (non-hydrogen) atoms. The molecule has 0 aromatic heterocycles. The minimum atomic E-state index is -0.592. The van der Waals surface area contributed by atoms with E-state index in [1.54, 1.807) is 30.3 Å². The molecule has 0 radical (unpaired) electrons. The first-order valence-corrected chi connectivity index (χ1v) is 14.0. The summed E-state index contributed by atoms with van der Waals surface area (Å²) in [5, 5.41) is 9.41. The topological polar surface area (TPSA) is 94.8 Å². The van der Waals surface area contributed by atoms with Crippen molar-refractivity contribution >= 4 is 11.9 Å². The van der Waals surface area contributed by atoms with Crippen LogP contribution >= 0.6 is 0 Å². The third kappa shape index (κ3) is 9.77. The zero-order valence-electron chi connectivity index (χ0n) is 23.3. The first-order chi connectivity index (χ1) is 19.5. The lowest BCUT2D eigenvalue weighted by Crippen LogP contribution is -2.11. The molecule has 0 amide bonds. The number of nitriles is 1. The van der Waals surface area contributed by atoms with Crippen LogP contribution in [0.4, 0.5) is 0 Å². The maximum absolute atomic E-state index is 12.8. The summed E-state index contributed by atoms with van der Waals surface area (Å²) < 4.78 is 22.3. The molecule has 0 fully saturated rings. The van der Waals surface area contributed by atoms with Gasteiger partial charge in [-0.1, -0.05) is 52.4 Å². The fraction of sp³-hybridized carbons (Fsp3) is 0.364. The van der Waals surface area contributed by atoms with Crippen molar-refractivity contribution in [3.63, 3.8) is 0 Å². The number of hydrogen-bond acceptors (Lipinski definition) is 7. The summed E-state index contributed by atoms with van der Waals surface area (Å²) >= 11 is 0. The van der Waals surface area contributed by atoms with E-state index in [2.05, 4.69) is 19.9 Å². The molecule has 7 heteroatoms. The fourth-order valence-electron chi connectivity index (χ4n) is 3.85. The van der Waals surface area contributed by atoms with Crippen molar-refractivity contribution < 1.29 is 28.5 Å². The van der Waals surface area contributed by atoms with Gasteiger partial charge in [-0.05, 0) is 79.6 Å². The average Bonchev–Trinajstić information content (AvgIpc) is 2.98. The molecular weight excluding hydrogens is 506 g/mol. The van der Waals surface area contributed by atoms with Gasteiger partial charge in [-0.2, -0.15) is 5.26 Å². The van der Waals surface area contributed by atoms with Crippen LogP contribution in [0.1, 0.15) is 91.5 Å². The van der Waals surface area contributed by atoms with E-state index in [9.17, 15) is 14.9 Å². The Morgan fingerprint density at radius 2 is 1.15 bits per heavy atom. The number of esters is 2. The Balaban J connectivity index is 1.52. The van der Waals surface area contributed by atoms with E-state index in [0.29, 0.717) is 35.8 Å². The van der Waals surface area contributed by atoms with E-state index < -0.39 is 11.9 Å². The number of rotatable bonds is 16. The van der Waals surface area contributed by atoms with Crippen LogP contribution in [0.3, 0.4) is 0 Å². The van der Waals surface area contributed by atoms with Gasteiger partial charge in [-0.25, -0.2) is 9.59 Å². The van der Waals surface area contributed by atoms with Gasteiger partial charge in [0.15, 0.2) is 0 Å². The van der Waals surface area contributed by atoms with E-state index in [0.717, 1.165) is 37.9 Å². The second kappa shape index (κ2) is 16.6. The van der Waals surface area contributed by atoms with Crippen LogP contribution in [-0.4, -0.2) is 25.2 Å². The summed E-state index contributed by atoms with van der Waals surface area (Å²) in [6.45, 7) is 5.41. The monoisotopic (exact) mass is 543 g/mol. The Labute approximate surface area is 236 Å². The van der Waals surface area contributed by atoms with E-state index >= 15 is 0 Å². The summed E-state index contributed by atoms with van der Waals surface area (Å²) in [7, 11) is 0. The SMILES string of the molecule is CCCCCCCCOc1cc(C(=O)Oc2ccc(C(=O)Oc3ccc(OCCCC)cc3)cc2)ccc1C#N. The van der Waals surface area contributed by atoms with Crippen molar-refractivity contribution in [2.75, 3.05) is 13.2 Å². The normalized spacial score (nSPS) is 10.4. The highest BCUT2D eigenvalue weighted by Gasteiger charge is 2.14. The molecule has 0 heterocycles. The number of nitrogens with zero attached hydrogens (tertiary/aromatic N) is 1. The van der Waals surface area contributed by atoms with Crippen LogP contribution in [0, 0.1) is 11.3 Å². The number of hydrogen-bond donors (Lipinski definition) is 0. The van der Waals surface area contributed by atoms with Gasteiger partial charge in [0.2, 0.25) is 0 Å². The fourth-order valence-corrected chi connectivity index (χ4v) is 3.85. The minimum Gasteiger partial charge on any atom is -0.494 e. The van der Waals surface area contributed by atoms with Gasteiger partial charge in [0.05, 0.1) is 29.9 Å². The number of ether oxygens (including phenoxy) is 4. The Kier molecular flexibility index (Phi) is 12.6. The zero-order chi connectivity index (χ0) is 28.6. The molecule has 7 nitrogen and oxygen atoms in total. The predicted octanol–water partition coefficient (Wildman–Crippen LogP) is 7.91. The van der Waals surface area contributed by atoms with Gasteiger partial charge < -0.3 is 18.9 Å². The predicted molar refractivity (Wildman–Crippen MR) is 153 cm³/mol. The highest BCUT2D eigenvalue weighted by molar-refractivity contribution is 5.93. The maximum atomic E-state index is 12.8. The third-order valence-electron chi connectivity index (χ3n) is 6.19. The van der Waals surface area contributed by atoms with Gasteiger partial charge in [0.25, 0.3) is 0 Å². The highest BCUT2D eigenvalue weighted by atomic mass is 16.5. The first-order valence-electron chi connectivity index (χ1n) is 14.0. The van der Waals surface area contributed by atoms with Gasteiger partial charge in [0, 0.05) is 0 Å². The van der Waals surface area contributed by atoms with Crippen LogP contribution in [0.5, 0.6) is 23.0 Å². The third-order valence-corrected chi connectivity index (χ3v) is 6.19.